The van der Waals surface area contributed by atoms with E-state index >= 15 is 0 Å². The maximum atomic E-state index is 10.8. The van der Waals surface area contributed by atoms with E-state index in [0.29, 0.717) is 13.2 Å². The lowest BCUT2D eigenvalue weighted by atomic mass is 10.3. The number of carbonyl (C=O) groups is 1. The Morgan fingerprint density at radius 3 is 2.67 bits per heavy atom. The molecule has 4 heteroatoms. The van der Waals surface area contributed by atoms with Gasteiger partial charge in [0.15, 0.2) is 0 Å². The Balaban J connectivity index is 0.000000234. The standard InChI is InChI=1S/C7H14N2O2.C4H8/c1-11-5-4-9-3-2-8-7(10)6-9;1-4-2-3-4/h2-6H2,1H3,(H,8,10);4H,2-3H2,1H3. The first kappa shape index (κ1) is 12.5. The second kappa shape index (κ2) is 6.80. The summed E-state index contributed by atoms with van der Waals surface area (Å²) in [6.45, 7) is 6.05. The van der Waals surface area contributed by atoms with Crippen LogP contribution in [0.25, 0.3) is 0 Å². The molecule has 0 bridgehead atoms. The van der Waals surface area contributed by atoms with Crippen molar-refractivity contribution in [2.75, 3.05) is 39.9 Å². The third-order valence-corrected chi connectivity index (χ3v) is 2.60. The molecular weight excluding hydrogens is 192 g/mol. The molecule has 0 atom stereocenters. The zero-order valence-corrected chi connectivity index (χ0v) is 9.79. The van der Waals surface area contributed by atoms with Crippen molar-refractivity contribution in [3.63, 3.8) is 0 Å². The van der Waals surface area contributed by atoms with Crippen molar-refractivity contribution in [1.82, 2.24) is 10.2 Å². The molecule has 1 saturated carbocycles. The summed E-state index contributed by atoms with van der Waals surface area (Å²) < 4.78 is 4.91. The fourth-order valence-electron chi connectivity index (χ4n) is 1.27. The highest BCUT2D eigenvalue weighted by Crippen LogP contribution is 2.26. The summed E-state index contributed by atoms with van der Waals surface area (Å²) in [5, 5.41) is 2.77. The van der Waals surface area contributed by atoms with E-state index in [2.05, 4.69) is 17.1 Å². The third kappa shape index (κ3) is 6.47. The smallest absolute Gasteiger partial charge is 0.234 e. The molecule has 0 aromatic heterocycles. The molecule has 2 fully saturated rings. The van der Waals surface area contributed by atoms with Gasteiger partial charge >= 0.3 is 0 Å². The van der Waals surface area contributed by atoms with Crippen LogP contribution in [0, 0.1) is 5.92 Å². The van der Waals surface area contributed by atoms with Crippen LogP contribution in [-0.2, 0) is 9.53 Å². The molecule has 0 aromatic rings. The molecule has 0 unspecified atom stereocenters. The fraction of sp³-hybridized carbons (Fsp3) is 0.909. The normalized spacial score (nSPS) is 21.6. The second-order valence-electron chi connectivity index (χ2n) is 4.30. The van der Waals surface area contributed by atoms with E-state index in [1.807, 2.05) is 0 Å². The van der Waals surface area contributed by atoms with Crippen molar-refractivity contribution in [2.45, 2.75) is 19.8 Å². The van der Waals surface area contributed by atoms with Crippen molar-refractivity contribution in [3.8, 4) is 0 Å². The predicted octanol–water partition coefficient (Wildman–Crippen LogP) is 0.481. The predicted molar refractivity (Wildman–Crippen MR) is 59.7 cm³/mol. The van der Waals surface area contributed by atoms with E-state index in [1.165, 1.54) is 12.8 Å². The second-order valence-corrected chi connectivity index (χ2v) is 4.30. The molecule has 0 spiro atoms. The minimum atomic E-state index is 0.118. The molecule has 88 valence electrons. The molecule has 15 heavy (non-hydrogen) atoms. The van der Waals surface area contributed by atoms with Crippen LogP contribution in [0.15, 0.2) is 0 Å². The summed E-state index contributed by atoms with van der Waals surface area (Å²) in [6, 6.07) is 0. The molecule has 2 aliphatic rings. The summed E-state index contributed by atoms with van der Waals surface area (Å²) in [5.41, 5.74) is 0. The highest BCUT2D eigenvalue weighted by molar-refractivity contribution is 5.78. The van der Waals surface area contributed by atoms with Gasteiger partial charge in [0.2, 0.25) is 5.91 Å². The van der Waals surface area contributed by atoms with Gasteiger partial charge in [-0.25, -0.2) is 0 Å². The number of carbonyl (C=O) groups excluding carboxylic acids is 1. The van der Waals surface area contributed by atoms with E-state index in [-0.39, 0.29) is 5.91 Å². The topological polar surface area (TPSA) is 41.6 Å². The monoisotopic (exact) mass is 214 g/mol. The van der Waals surface area contributed by atoms with E-state index in [4.69, 9.17) is 4.74 Å². The van der Waals surface area contributed by atoms with Crippen molar-refractivity contribution >= 4 is 5.91 Å². The molecule has 4 nitrogen and oxygen atoms in total. The van der Waals surface area contributed by atoms with Crippen LogP contribution in [-0.4, -0.2) is 50.7 Å². The number of nitrogens with one attached hydrogen (secondary N) is 1. The Labute approximate surface area is 92.0 Å². The van der Waals surface area contributed by atoms with Gasteiger partial charge in [-0.1, -0.05) is 19.8 Å². The average molecular weight is 214 g/mol. The number of ether oxygens (including phenoxy) is 1. The summed E-state index contributed by atoms with van der Waals surface area (Å²) in [6.07, 6.45) is 2.97. The van der Waals surface area contributed by atoms with Crippen molar-refractivity contribution in [3.05, 3.63) is 0 Å². The molecular formula is C11H22N2O2. The first-order valence-electron chi connectivity index (χ1n) is 5.70. The van der Waals surface area contributed by atoms with Crippen molar-refractivity contribution in [2.24, 2.45) is 5.92 Å². The fourth-order valence-corrected chi connectivity index (χ4v) is 1.27. The number of methoxy groups -OCH3 is 1. The Bertz CT molecular complexity index is 193. The number of amides is 1. The summed E-state index contributed by atoms with van der Waals surface area (Å²) >= 11 is 0. The van der Waals surface area contributed by atoms with Gasteiger partial charge < -0.3 is 10.1 Å². The minimum absolute atomic E-state index is 0.118. The molecule has 0 aromatic carbocycles. The first-order valence-corrected chi connectivity index (χ1v) is 5.70. The summed E-state index contributed by atoms with van der Waals surface area (Å²) in [5.74, 6) is 1.20. The van der Waals surface area contributed by atoms with E-state index in [9.17, 15) is 4.79 Å². The summed E-state index contributed by atoms with van der Waals surface area (Å²) in [4.78, 5) is 12.9. The molecule has 1 saturated heterocycles. The van der Waals surface area contributed by atoms with Gasteiger partial charge in [-0.15, -0.1) is 0 Å². The van der Waals surface area contributed by atoms with Crippen LogP contribution in [0.4, 0.5) is 0 Å². The number of rotatable bonds is 3. The SMILES string of the molecule is CC1CC1.COCCN1CCNC(=O)C1. The maximum absolute atomic E-state index is 10.8. The summed E-state index contributed by atoms with van der Waals surface area (Å²) in [7, 11) is 1.67. The molecule has 1 N–H and O–H groups in total. The van der Waals surface area contributed by atoms with Gasteiger partial charge in [0.25, 0.3) is 0 Å². The Morgan fingerprint density at radius 2 is 2.20 bits per heavy atom. The largest absolute Gasteiger partial charge is 0.383 e. The molecule has 0 radical (unpaired) electrons. The van der Waals surface area contributed by atoms with Gasteiger partial charge in [0, 0.05) is 26.7 Å². The highest BCUT2D eigenvalue weighted by Gasteiger charge is 2.14. The molecule has 2 rings (SSSR count). The lowest BCUT2D eigenvalue weighted by molar-refractivity contribution is -0.124. The van der Waals surface area contributed by atoms with Gasteiger partial charge in [-0.2, -0.15) is 0 Å². The maximum Gasteiger partial charge on any atom is 0.234 e. The van der Waals surface area contributed by atoms with Crippen LogP contribution in [0.2, 0.25) is 0 Å². The Kier molecular flexibility index (Phi) is 5.65. The Morgan fingerprint density at radius 1 is 1.53 bits per heavy atom. The van der Waals surface area contributed by atoms with Crippen LogP contribution >= 0.6 is 0 Å². The lowest BCUT2D eigenvalue weighted by Gasteiger charge is -2.25. The average Bonchev–Trinajstić information content (AvgIpc) is 2.99. The number of hydrogen-bond acceptors (Lipinski definition) is 3. The molecule has 1 aliphatic heterocycles. The number of nitrogens with zero attached hydrogens (tertiary/aromatic N) is 1. The lowest BCUT2D eigenvalue weighted by Crippen LogP contribution is -2.48. The van der Waals surface area contributed by atoms with E-state index < -0.39 is 0 Å². The highest BCUT2D eigenvalue weighted by atomic mass is 16.5. The van der Waals surface area contributed by atoms with Crippen molar-refractivity contribution in [1.29, 1.82) is 0 Å². The van der Waals surface area contributed by atoms with Crippen LogP contribution in [0.3, 0.4) is 0 Å². The molecule has 1 heterocycles. The quantitative estimate of drug-likeness (QED) is 0.743. The van der Waals surface area contributed by atoms with Gasteiger partial charge in [-0.3, -0.25) is 9.69 Å². The van der Waals surface area contributed by atoms with Gasteiger partial charge in [0.05, 0.1) is 13.2 Å². The van der Waals surface area contributed by atoms with Crippen LogP contribution < -0.4 is 5.32 Å². The molecule has 1 amide bonds. The number of piperazine rings is 1. The van der Waals surface area contributed by atoms with E-state index in [0.717, 1.165) is 25.6 Å². The third-order valence-electron chi connectivity index (χ3n) is 2.60. The Hall–Kier alpha value is -0.610. The van der Waals surface area contributed by atoms with Crippen LogP contribution in [0.1, 0.15) is 19.8 Å². The van der Waals surface area contributed by atoms with Crippen LogP contribution in [0.5, 0.6) is 0 Å². The zero-order chi connectivity index (χ0) is 11.1. The molecule has 1 aliphatic carbocycles. The zero-order valence-electron chi connectivity index (χ0n) is 9.79. The van der Waals surface area contributed by atoms with Gasteiger partial charge in [0.1, 0.15) is 0 Å². The van der Waals surface area contributed by atoms with Gasteiger partial charge in [-0.05, 0) is 5.92 Å². The van der Waals surface area contributed by atoms with Crippen molar-refractivity contribution < 1.29 is 9.53 Å². The minimum Gasteiger partial charge on any atom is -0.383 e. The van der Waals surface area contributed by atoms with E-state index in [1.54, 1.807) is 7.11 Å². The number of hydrogen-bond donors (Lipinski definition) is 1. The first-order chi connectivity index (χ1) is 7.22.